The summed E-state index contributed by atoms with van der Waals surface area (Å²) in [5, 5.41) is 15.1. The average Bonchev–Trinajstić information content (AvgIpc) is 3.14. The third kappa shape index (κ3) is 4.29. The van der Waals surface area contributed by atoms with E-state index in [0.29, 0.717) is 23.7 Å². The number of halogens is 2. The van der Waals surface area contributed by atoms with E-state index in [-0.39, 0.29) is 6.04 Å². The molecule has 4 rings (SSSR count). The fourth-order valence-electron chi connectivity index (χ4n) is 2.95. The van der Waals surface area contributed by atoms with Crippen LogP contribution in [0, 0.1) is 11.6 Å². The van der Waals surface area contributed by atoms with Crippen molar-refractivity contribution in [1.29, 1.82) is 0 Å². The fourth-order valence-corrected chi connectivity index (χ4v) is 3.70. The largest absolute Gasteiger partial charge is 0.359 e. The second kappa shape index (κ2) is 7.95. The van der Waals surface area contributed by atoms with Gasteiger partial charge in [-0.25, -0.2) is 8.78 Å². The zero-order valence-electron chi connectivity index (χ0n) is 14.8. The summed E-state index contributed by atoms with van der Waals surface area (Å²) in [6, 6.07) is 11.1. The van der Waals surface area contributed by atoms with Crippen LogP contribution in [0.5, 0.6) is 0 Å². The Morgan fingerprint density at radius 3 is 2.64 bits per heavy atom. The van der Waals surface area contributed by atoms with Crippen molar-refractivity contribution < 1.29 is 8.78 Å². The molecule has 2 aromatic carbocycles. The molecule has 0 bridgehead atoms. The lowest BCUT2D eigenvalue weighted by Gasteiger charge is -2.12. The van der Waals surface area contributed by atoms with Gasteiger partial charge in [0, 0.05) is 42.0 Å². The van der Waals surface area contributed by atoms with Crippen LogP contribution in [0.2, 0.25) is 0 Å². The van der Waals surface area contributed by atoms with E-state index in [1.54, 1.807) is 6.20 Å². The summed E-state index contributed by atoms with van der Waals surface area (Å²) in [7, 11) is 0. The summed E-state index contributed by atoms with van der Waals surface area (Å²) >= 11 is 1.42. The average molecular weight is 397 g/mol. The summed E-state index contributed by atoms with van der Waals surface area (Å²) in [4.78, 5) is 4.11. The van der Waals surface area contributed by atoms with Crippen molar-refractivity contribution in [3.8, 4) is 10.6 Å². The van der Waals surface area contributed by atoms with Crippen LogP contribution < -0.4 is 11.1 Å². The van der Waals surface area contributed by atoms with Crippen LogP contribution >= 0.6 is 11.3 Å². The quantitative estimate of drug-likeness (QED) is 0.514. The van der Waals surface area contributed by atoms with Gasteiger partial charge in [-0.05, 0) is 41.6 Å². The zero-order chi connectivity index (χ0) is 19.5. The van der Waals surface area contributed by atoms with Gasteiger partial charge in [-0.15, -0.1) is 10.2 Å². The first-order valence-corrected chi connectivity index (χ1v) is 9.50. The van der Waals surface area contributed by atoms with E-state index in [1.165, 1.54) is 23.5 Å². The minimum Gasteiger partial charge on any atom is -0.359 e. The Morgan fingerprint density at radius 2 is 1.82 bits per heavy atom. The van der Waals surface area contributed by atoms with Crippen molar-refractivity contribution in [3.63, 3.8) is 0 Å². The van der Waals surface area contributed by atoms with E-state index in [0.717, 1.165) is 27.4 Å². The molecule has 2 aromatic heterocycles. The third-order valence-electron chi connectivity index (χ3n) is 4.25. The number of fused-ring (bicyclic) bond motifs is 1. The highest BCUT2D eigenvalue weighted by Crippen LogP contribution is 2.28. The van der Waals surface area contributed by atoms with E-state index in [2.05, 4.69) is 20.5 Å². The van der Waals surface area contributed by atoms with Crippen LogP contribution in [-0.4, -0.2) is 27.8 Å². The molecule has 0 radical (unpaired) electrons. The van der Waals surface area contributed by atoms with E-state index in [9.17, 15) is 8.78 Å². The smallest absolute Gasteiger partial charge is 0.206 e. The van der Waals surface area contributed by atoms with Crippen molar-refractivity contribution in [3.05, 3.63) is 72.1 Å². The summed E-state index contributed by atoms with van der Waals surface area (Å²) in [6.07, 6.45) is 3.93. The van der Waals surface area contributed by atoms with Gasteiger partial charge in [0.05, 0.1) is 0 Å². The van der Waals surface area contributed by atoms with Crippen LogP contribution in [0.3, 0.4) is 0 Å². The lowest BCUT2D eigenvalue weighted by Crippen LogP contribution is -2.31. The molecule has 0 saturated carbocycles. The van der Waals surface area contributed by atoms with Gasteiger partial charge < -0.3 is 11.1 Å². The van der Waals surface area contributed by atoms with Gasteiger partial charge in [0.1, 0.15) is 16.6 Å². The number of rotatable bonds is 6. The highest BCUT2D eigenvalue weighted by molar-refractivity contribution is 7.18. The van der Waals surface area contributed by atoms with Crippen LogP contribution in [0.25, 0.3) is 21.3 Å². The van der Waals surface area contributed by atoms with E-state index >= 15 is 0 Å². The zero-order valence-corrected chi connectivity index (χ0v) is 15.6. The minimum atomic E-state index is -0.602. The molecule has 28 heavy (non-hydrogen) atoms. The van der Waals surface area contributed by atoms with Gasteiger partial charge in [0.15, 0.2) is 0 Å². The van der Waals surface area contributed by atoms with E-state index in [4.69, 9.17) is 5.73 Å². The predicted molar refractivity (Wildman–Crippen MR) is 107 cm³/mol. The van der Waals surface area contributed by atoms with Crippen LogP contribution in [0.15, 0.2) is 54.9 Å². The topological polar surface area (TPSA) is 76.7 Å². The second-order valence-corrected chi connectivity index (χ2v) is 7.45. The molecule has 142 valence electrons. The Kier molecular flexibility index (Phi) is 5.23. The van der Waals surface area contributed by atoms with Gasteiger partial charge in [0.25, 0.3) is 0 Å². The normalized spacial score (nSPS) is 12.2. The Morgan fingerprint density at radius 1 is 1.00 bits per heavy atom. The lowest BCUT2D eigenvalue weighted by molar-refractivity contribution is 0.576. The molecule has 0 fully saturated rings. The first-order chi connectivity index (χ1) is 13.6. The maximum Gasteiger partial charge on any atom is 0.206 e. The van der Waals surface area contributed by atoms with Crippen molar-refractivity contribution in [1.82, 2.24) is 15.2 Å². The number of nitrogens with zero attached hydrogens (tertiary/aromatic N) is 3. The lowest BCUT2D eigenvalue weighted by atomic mass is 10.1. The summed E-state index contributed by atoms with van der Waals surface area (Å²) < 4.78 is 26.5. The van der Waals surface area contributed by atoms with Crippen LogP contribution in [0.1, 0.15) is 5.56 Å². The van der Waals surface area contributed by atoms with E-state index < -0.39 is 11.6 Å². The number of hydrogen-bond acceptors (Lipinski definition) is 6. The Balaban J connectivity index is 1.40. The van der Waals surface area contributed by atoms with Crippen LogP contribution in [-0.2, 0) is 6.42 Å². The Labute approximate surface area is 164 Å². The third-order valence-corrected chi connectivity index (χ3v) is 5.18. The van der Waals surface area contributed by atoms with Crippen molar-refractivity contribution >= 4 is 27.2 Å². The maximum atomic E-state index is 13.3. The Bertz CT molecular complexity index is 1090. The summed E-state index contributed by atoms with van der Waals surface area (Å²) in [6.45, 7) is 0.413. The van der Waals surface area contributed by atoms with Gasteiger partial charge in [-0.3, -0.25) is 4.98 Å². The molecule has 0 aliphatic rings. The molecule has 8 heteroatoms. The molecule has 0 spiro atoms. The number of hydrogen-bond donors (Lipinski definition) is 2. The molecule has 0 aliphatic heterocycles. The minimum absolute atomic E-state index is 0.318. The van der Waals surface area contributed by atoms with Gasteiger partial charge >= 0.3 is 0 Å². The molecule has 1 unspecified atom stereocenters. The molecule has 0 amide bonds. The molecular weight excluding hydrogens is 380 g/mol. The molecule has 3 N–H and O–H groups in total. The van der Waals surface area contributed by atoms with Gasteiger partial charge in [-0.2, -0.15) is 0 Å². The summed E-state index contributed by atoms with van der Waals surface area (Å²) in [5.74, 6) is -1.20. The van der Waals surface area contributed by atoms with E-state index in [1.807, 2.05) is 30.5 Å². The predicted octanol–water partition coefficient (Wildman–Crippen LogP) is 4.01. The number of nitrogens with two attached hydrogens (primary N) is 1. The van der Waals surface area contributed by atoms with Crippen molar-refractivity contribution in [2.75, 3.05) is 11.9 Å². The second-order valence-electron chi connectivity index (χ2n) is 6.47. The first kappa shape index (κ1) is 18.4. The molecule has 0 aliphatic carbocycles. The molecule has 1 atom stereocenters. The first-order valence-electron chi connectivity index (χ1n) is 8.69. The molecule has 4 aromatic rings. The van der Waals surface area contributed by atoms with Crippen molar-refractivity contribution in [2.24, 2.45) is 5.73 Å². The molecule has 5 nitrogen and oxygen atoms in total. The molecular formula is C20H17F2N5S. The van der Waals surface area contributed by atoms with Gasteiger partial charge in [-0.1, -0.05) is 23.5 Å². The standard InChI is InChI=1S/C20H17F2N5S/c21-16-5-12(6-17(22)9-16)7-18(23)11-25-20-27-26-19(28-20)14-1-2-15-10-24-4-3-13(15)8-14/h1-6,8-10,18H,7,11,23H2,(H,25,27). The number of anilines is 1. The SMILES string of the molecule is NC(CNc1nnc(-c2ccc3cnccc3c2)s1)Cc1cc(F)cc(F)c1. The maximum absolute atomic E-state index is 13.3. The number of nitrogens with one attached hydrogen (secondary N) is 1. The monoisotopic (exact) mass is 397 g/mol. The molecule has 2 heterocycles. The van der Waals surface area contributed by atoms with Gasteiger partial charge in [0.2, 0.25) is 5.13 Å². The molecule has 0 saturated heterocycles. The number of aromatic nitrogens is 3. The van der Waals surface area contributed by atoms with Crippen LogP contribution in [0.4, 0.5) is 13.9 Å². The highest BCUT2D eigenvalue weighted by atomic mass is 32.1. The highest BCUT2D eigenvalue weighted by Gasteiger charge is 2.10. The fraction of sp³-hybridized carbons (Fsp3) is 0.150. The number of benzene rings is 2. The number of pyridine rings is 1. The summed E-state index contributed by atoms with van der Waals surface area (Å²) in [5.41, 5.74) is 7.58. The Hall–Kier alpha value is -2.97. The van der Waals surface area contributed by atoms with Crippen molar-refractivity contribution in [2.45, 2.75) is 12.5 Å².